The Morgan fingerprint density at radius 3 is 1.83 bits per heavy atom. The fourth-order valence-electron chi connectivity index (χ4n) is 8.60. The molecule has 0 bridgehead atoms. The molecule has 0 unspecified atom stereocenters. The molecule has 0 radical (unpaired) electrons. The quantitative estimate of drug-likeness (QED) is 0.169. The molecule has 276 valence electrons. The van der Waals surface area contributed by atoms with Gasteiger partial charge in [-0.15, -0.1) is 0 Å². The molecule has 0 fully saturated rings. The maximum Gasteiger partial charge on any atom is 0.160 e. The summed E-state index contributed by atoms with van der Waals surface area (Å²) in [5.41, 5.74) is 12.3. The molecular weight excluding hydrogens is 723 g/mol. The van der Waals surface area contributed by atoms with E-state index in [1.807, 2.05) is 36.4 Å². The van der Waals surface area contributed by atoms with Crippen LogP contribution in [-0.4, -0.2) is 9.97 Å². The third kappa shape index (κ3) is 5.55. The van der Waals surface area contributed by atoms with Crippen LogP contribution in [0, 0.1) is 0 Å². The first kappa shape index (κ1) is 33.2. The van der Waals surface area contributed by atoms with Crippen LogP contribution in [0.3, 0.4) is 0 Å². The van der Waals surface area contributed by atoms with Crippen LogP contribution in [-0.2, 0) is 0 Å². The van der Waals surface area contributed by atoms with Crippen molar-refractivity contribution >= 4 is 82.6 Å². The van der Waals surface area contributed by atoms with Crippen LogP contribution in [0.1, 0.15) is 0 Å². The highest BCUT2D eigenvalue weighted by atomic mass is 16.3. The second-order valence-electron chi connectivity index (χ2n) is 15.0. The van der Waals surface area contributed by atoms with Gasteiger partial charge in [-0.05, 0) is 95.2 Å². The lowest BCUT2D eigenvalue weighted by molar-refractivity contribution is 0.669. The van der Waals surface area contributed by atoms with Gasteiger partial charge in [0.25, 0.3) is 0 Å². The van der Waals surface area contributed by atoms with Gasteiger partial charge in [-0.25, -0.2) is 9.97 Å². The van der Waals surface area contributed by atoms with Gasteiger partial charge in [0.15, 0.2) is 5.82 Å². The van der Waals surface area contributed by atoms with Gasteiger partial charge in [-0.3, -0.25) is 0 Å². The predicted molar refractivity (Wildman–Crippen MR) is 243 cm³/mol. The monoisotopic (exact) mass is 755 g/mol. The smallest absolute Gasteiger partial charge is 0.160 e. The summed E-state index contributed by atoms with van der Waals surface area (Å²) in [4.78, 5) is 12.7. The first-order valence-electron chi connectivity index (χ1n) is 19.8. The summed E-state index contributed by atoms with van der Waals surface area (Å²) < 4.78 is 13.0. The Bertz CT molecular complexity index is 3550. The van der Waals surface area contributed by atoms with Crippen molar-refractivity contribution in [3.05, 3.63) is 200 Å². The molecule has 59 heavy (non-hydrogen) atoms. The molecule has 5 nitrogen and oxygen atoms in total. The zero-order valence-electron chi connectivity index (χ0n) is 31.7. The van der Waals surface area contributed by atoms with Gasteiger partial charge in [0, 0.05) is 60.7 Å². The molecule has 9 aromatic carbocycles. The van der Waals surface area contributed by atoms with E-state index in [4.69, 9.17) is 18.8 Å². The van der Waals surface area contributed by atoms with Crippen LogP contribution in [0.15, 0.2) is 209 Å². The molecule has 0 saturated carbocycles. The summed E-state index contributed by atoms with van der Waals surface area (Å²) >= 11 is 0. The molecule has 0 atom stereocenters. The van der Waals surface area contributed by atoms with Crippen LogP contribution < -0.4 is 4.90 Å². The van der Waals surface area contributed by atoms with Crippen LogP contribution in [0.5, 0.6) is 0 Å². The van der Waals surface area contributed by atoms with Crippen molar-refractivity contribution in [3.63, 3.8) is 0 Å². The molecule has 0 N–H and O–H groups in total. The number of nitrogens with zero attached hydrogens (tertiary/aromatic N) is 3. The fraction of sp³-hybridized carbons (Fsp3) is 0. The SMILES string of the molecule is c1ccc(-c2nc(-c3cc(-c4ccc(N(c5ccccc5)c5ccc6oc7ccccc7c6c5)cc4)c4oc5cc6ccccc6cc5c4c3)nc3ccccc23)cc1. The summed E-state index contributed by atoms with van der Waals surface area (Å²) in [5.74, 6) is 0.662. The average molecular weight is 756 g/mol. The Labute approximate surface area is 339 Å². The molecule has 0 amide bonds. The number of para-hydroxylation sites is 3. The zero-order valence-corrected chi connectivity index (χ0v) is 31.7. The first-order chi connectivity index (χ1) is 29.2. The Morgan fingerprint density at radius 1 is 0.356 bits per heavy atom. The third-order valence-electron chi connectivity index (χ3n) is 11.4. The highest BCUT2D eigenvalue weighted by Crippen LogP contribution is 2.43. The Morgan fingerprint density at radius 2 is 1.00 bits per heavy atom. The molecule has 0 spiro atoms. The van der Waals surface area contributed by atoms with E-state index in [-0.39, 0.29) is 0 Å². The summed E-state index contributed by atoms with van der Waals surface area (Å²) in [6.45, 7) is 0. The summed E-state index contributed by atoms with van der Waals surface area (Å²) in [6, 6.07) is 69.7. The molecule has 12 aromatic rings. The van der Waals surface area contributed by atoms with Gasteiger partial charge >= 0.3 is 0 Å². The van der Waals surface area contributed by atoms with Crippen molar-refractivity contribution in [3.8, 4) is 33.8 Å². The summed E-state index contributed by atoms with van der Waals surface area (Å²) in [7, 11) is 0. The topological polar surface area (TPSA) is 55.3 Å². The lowest BCUT2D eigenvalue weighted by Crippen LogP contribution is -2.09. The lowest BCUT2D eigenvalue weighted by Gasteiger charge is -2.25. The van der Waals surface area contributed by atoms with Crippen LogP contribution >= 0.6 is 0 Å². The van der Waals surface area contributed by atoms with Crippen molar-refractivity contribution in [2.75, 3.05) is 4.90 Å². The van der Waals surface area contributed by atoms with E-state index in [9.17, 15) is 0 Å². The van der Waals surface area contributed by atoms with Crippen molar-refractivity contribution in [2.45, 2.75) is 0 Å². The fourth-order valence-corrected chi connectivity index (χ4v) is 8.60. The molecule has 5 heteroatoms. The van der Waals surface area contributed by atoms with E-state index in [1.165, 1.54) is 0 Å². The third-order valence-corrected chi connectivity index (χ3v) is 11.4. The Balaban J connectivity index is 1.05. The van der Waals surface area contributed by atoms with Crippen LogP contribution in [0.4, 0.5) is 17.1 Å². The summed E-state index contributed by atoms with van der Waals surface area (Å²) in [5, 5.41) is 7.57. The lowest BCUT2D eigenvalue weighted by atomic mass is 9.97. The molecule has 3 heterocycles. The number of hydrogen-bond donors (Lipinski definition) is 0. The minimum Gasteiger partial charge on any atom is -0.456 e. The van der Waals surface area contributed by atoms with E-state index < -0.39 is 0 Å². The van der Waals surface area contributed by atoms with Gasteiger partial charge in [0.2, 0.25) is 0 Å². The van der Waals surface area contributed by atoms with Gasteiger partial charge in [0.05, 0.1) is 11.2 Å². The number of anilines is 3. The van der Waals surface area contributed by atoms with Crippen molar-refractivity contribution < 1.29 is 8.83 Å². The van der Waals surface area contributed by atoms with Crippen molar-refractivity contribution in [1.82, 2.24) is 9.97 Å². The van der Waals surface area contributed by atoms with E-state index in [2.05, 4.69) is 169 Å². The second kappa shape index (κ2) is 13.3. The van der Waals surface area contributed by atoms with E-state index in [0.29, 0.717) is 5.82 Å². The highest BCUT2D eigenvalue weighted by Gasteiger charge is 2.20. The van der Waals surface area contributed by atoms with Crippen LogP contribution in [0.25, 0.3) is 99.3 Å². The van der Waals surface area contributed by atoms with Crippen molar-refractivity contribution in [2.24, 2.45) is 0 Å². The van der Waals surface area contributed by atoms with Gasteiger partial charge in [-0.1, -0.05) is 121 Å². The maximum atomic E-state index is 6.82. The molecule has 0 saturated heterocycles. The Hall–Kier alpha value is -8.02. The molecule has 12 rings (SSSR count). The van der Waals surface area contributed by atoms with E-state index >= 15 is 0 Å². The number of fused-ring (bicyclic) bond motifs is 8. The second-order valence-corrected chi connectivity index (χ2v) is 15.0. The molecule has 0 aliphatic carbocycles. The molecular formula is C54H33N3O2. The van der Waals surface area contributed by atoms with Crippen LogP contribution in [0.2, 0.25) is 0 Å². The molecule has 3 aromatic heterocycles. The standard InChI is InChI=1S/C54H33N3O2/c1-3-13-35(14-4-1)52-43-20-9-11-21-48(43)55-54(56-52)38-30-44(53-47(31-38)45-29-36-15-7-8-16-37(36)32-51(45)59-53)34-23-25-40(26-24-34)57(39-17-5-2-6-18-39)41-27-28-50-46(33-41)42-19-10-12-22-49(42)58-50/h1-33H. The van der Waals surface area contributed by atoms with Gasteiger partial charge in [0.1, 0.15) is 22.3 Å². The van der Waals surface area contributed by atoms with E-state index in [0.717, 1.165) is 111 Å². The average Bonchev–Trinajstić information content (AvgIpc) is 3.86. The highest BCUT2D eigenvalue weighted by molar-refractivity contribution is 6.14. The first-order valence-corrected chi connectivity index (χ1v) is 19.8. The van der Waals surface area contributed by atoms with Gasteiger partial charge in [-0.2, -0.15) is 0 Å². The summed E-state index contributed by atoms with van der Waals surface area (Å²) in [6.07, 6.45) is 0. The minimum atomic E-state index is 0.662. The number of rotatable bonds is 6. The zero-order chi connectivity index (χ0) is 38.9. The van der Waals surface area contributed by atoms with E-state index in [1.54, 1.807) is 0 Å². The largest absolute Gasteiger partial charge is 0.456 e. The number of aromatic nitrogens is 2. The number of hydrogen-bond acceptors (Lipinski definition) is 5. The Kier molecular flexibility index (Phi) is 7.47. The molecule has 0 aliphatic heterocycles. The molecule has 0 aliphatic rings. The maximum absolute atomic E-state index is 6.82. The number of benzene rings is 9. The van der Waals surface area contributed by atoms with Crippen molar-refractivity contribution in [1.29, 1.82) is 0 Å². The minimum absolute atomic E-state index is 0.662. The predicted octanol–water partition coefficient (Wildman–Crippen LogP) is 15.1. The normalized spacial score (nSPS) is 11.7. The van der Waals surface area contributed by atoms with Gasteiger partial charge < -0.3 is 13.7 Å². The number of furan rings is 2.